The van der Waals surface area contributed by atoms with E-state index < -0.39 is 5.91 Å². The van der Waals surface area contributed by atoms with E-state index in [1.807, 2.05) is 13.8 Å². The van der Waals surface area contributed by atoms with E-state index in [2.05, 4.69) is 10.1 Å². The van der Waals surface area contributed by atoms with Crippen molar-refractivity contribution < 1.29 is 4.79 Å². The lowest BCUT2D eigenvalue weighted by molar-refractivity contribution is 0.1000. The summed E-state index contributed by atoms with van der Waals surface area (Å²) in [6.45, 7) is 4.05. The molecule has 5 nitrogen and oxygen atoms in total. The van der Waals surface area contributed by atoms with Crippen LogP contribution in [0, 0.1) is 0 Å². The SMILES string of the molecule is CC(C)n1ncc2cc(C(N)=O)cnc21. The van der Waals surface area contributed by atoms with Gasteiger partial charge in [-0.3, -0.25) is 4.79 Å². The first-order chi connectivity index (χ1) is 7.09. The van der Waals surface area contributed by atoms with Crippen LogP contribution < -0.4 is 5.73 Å². The Hall–Kier alpha value is -1.91. The quantitative estimate of drug-likeness (QED) is 0.796. The van der Waals surface area contributed by atoms with Crippen LogP contribution in [0.5, 0.6) is 0 Å². The van der Waals surface area contributed by atoms with Crippen molar-refractivity contribution >= 4 is 16.9 Å². The molecule has 0 saturated carbocycles. The van der Waals surface area contributed by atoms with Gasteiger partial charge in [-0.15, -0.1) is 0 Å². The number of carbonyl (C=O) groups is 1. The predicted octanol–water partition coefficient (Wildman–Crippen LogP) is 1.11. The van der Waals surface area contributed by atoms with Crippen LogP contribution in [-0.2, 0) is 0 Å². The number of nitrogens with two attached hydrogens (primary N) is 1. The van der Waals surface area contributed by atoms with Crippen LogP contribution in [0.2, 0.25) is 0 Å². The Morgan fingerprint density at radius 1 is 1.47 bits per heavy atom. The second kappa shape index (κ2) is 3.34. The molecule has 5 heteroatoms. The molecule has 2 heterocycles. The van der Waals surface area contributed by atoms with Gasteiger partial charge in [0, 0.05) is 17.6 Å². The number of primary amides is 1. The molecule has 0 atom stereocenters. The summed E-state index contributed by atoms with van der Waals surface area (Å²) in [4.78, 5) is 15.1. The minimum Gasteiger partial charge on any atom is -0.366 e. The third-order valence-corrected chi connectivity index (χ3v) is 2.21. The zero-order valence-corrected chi connectivity index (χ0v) is 8.64. The van der Waals surface area contributed by atoms with Gasteiger partial charge >= 0.3 is 0 Å². The van der Waals surface area contributed by atoms with Crippen LogP contribution in [0.25, 0.3) is 11.0 Å². The lowest BCUT2D eigenvalue weighted by atomic mass is 10.2. The molecule has 0 saturated heterocycles. The number of amides is 1. The number of fused-ring (bicyclic) bond motifs is 1. The van der Waals surface area contributed by atoms with Gasteiger partial charge in [0.2, 0.25) is 5.91 Å². The van der Waals surface area contributed by atoms with Crippen molar-refractivity contribution in [1.29, 1.82) is 0 Å². The first-order valence-electron chi connectivity index (χ1n) is 4.72. The fourth-order valence-corrected chi connectivity index (χ4v) is 1.45. The van der Waals surface area contributed by atoms with E-state index in [0.717, 1.165) is 11.0 Å². The molecule has 0 aliphatic carbocycles. The highest BCUT2D eigenvalue weighted by atomic mass is 16.1. The Morgan fingerprint density at radius 3 is 2.80 bits per heavy atom. The Bertz CT molecular complexity index is 515. The summed E-state index contributed by atoms with van der Waals surface area (Å²) in [6.07, 6.45) is 3.17. The van der Waals surface area contributed by atoms with Crippen molar-refractivity contribution in [1.82, 2.24) is 14.8 Å². The molecule has 1 amide bonds. The number of rotatable bonds is 2. The highest BCUT2D eigenvalue weighted by molar-refractivity contribution is 5.95. The van der Waals surface area contributed by atoms with Crippen LogP contribution in [0.3, 0.4) is 0 Å². The second-order valence-electron chi connectivity index (χ2n) is 3.68. The normalized spacial score (nSPS) is 11.1. The molecule has 0 aliphatic heterocycles. The number of pyridine rings is 1. The van der Waals surface area contributed by atoms with Crippen molar-refractivity contribution in [2.24, 2.45) is 5.73 Å². The summed E-state index contributed by atoms with van der Waals surface area (Å²) in [5.41, 5.74) is 6.35. The summed E-state index contributed by atoms with van der Waals surface area (Å²) in [6, 6.07) is 1.95. The highest BCUT2D eigenvalue weighted by Gasteiger charge is 2.09. The molecule has 2 rings (SSSR count). The summed E-state index contributed by atoms with van der Waals surface area (Å²) < 4.78 is 1.81. The number of nitrogens with zero attached hydrogens (tertiary/aromatic N) is 3. The molecule has 2 N–H and O–H groups in total. The number of carbonyl (C=O) groups excluding carboxylic acids is 1. The van der Waals surface area contributed by atoms with Gasteiger partial charge in [0.05, 0.1) is 11.8 Å². The minimum absolute atomic E-state index is 0.245. The van der Waals surface area contributed by atoms with Crippen molar-refractivity contribution in [2.75, 3.05) is 0 Å². The van der Waals surface area contributed by atoms with E-state index in [4.69, 9.17) is 5.73 Å². The molecule has 0 bridgehead atoms. The predicted molar refractivity (Wildman–Crippen MR) is 56.4 cm³/mol. The van der Waals surface area contributed by atoms with Crippen molar-refractivity contribution in [2.45, 2.75) is 19.9 Å². The van der Waals surface area contributed by atoms with Gasteiger partial charge in [-0.25, -0.2) is 9.67 Å². The van der Waals surface area contributed by atoms with Crippen LogP contribution in [0.4, 0.5) is 0 Å². The van der Waals surface area contributed by atoms with Gasteiger partial charge in [0.15, 0.2) is 5.65 Å². The maximum absolute atomic E-state index is 10.9. The average Bonchev–Trinajstić information content (AvgIpc) is 2.59. The standard InChI is InChI=1S/C10H12N4O/c1-6(2)14-10-8(5-13-14)3-7(4-12-10)9(11)15/h3-6H,1-2H3,(H2,11,15). The van der Waals surface area contributed by atoms with Crippen LogP contribution in [0.15, 0.2) is 18.5 Å². The third kappa shape index (κ3) is 1.56. The smallest absolute Gasteiger partial charge is 0.250 e. The fourth-order valence-electron chi connectivity index (χ4n) is 1.45. The van der Waals surface area contributed by atoms with E-state index in [9.17, 15) is 4.79 Å². The molecule has 0 aliphatic rings. The molecule has 0 aromatic carbocycles. The first kappa shape index (κ1) is 9.64. The first-order valence-corrected chi connectivity index (χ1v) is 4.72. The minimum atomic E-state index is -0.471. The van der Waals surface area contributed by atoms with Crippen molar-refractivity contribution in [3.05, 3.63) is 24.0 Å². The number of hydrogen-bond donors (Lipinski definition) is 1. The average molecular weight is 204 g/mol. The molecule has 0 fully saturated rings. The molecular weight excluding hydrogens is 192 g/mol. The van der Waals surface area contributed by atoms with Gasteiger partial charge in [0.1, 0.15) is 0 Å². The fraction of sp³-hybridized carbons (Fsp3) is 0.300. The molecular formula is C10H12N4O. The molecule has 0 unspecified atom stereocenters. The van der Waals surface area contributed by atoms with Crippen molar-refractivity contribution in [3.8, 4) is 0 Å². The van der Waals surface area contributed by atoms with Gasteiger partial charge < -0.3 is 5.73 Å². The van der Waals surface area contributed by atoms with E-state index in [-0.39, 0.29) is 6.04 Å². The molecule has 15 heavy (non-hydrogen) atoms. The lowest BCUT2D eigenvalue weighted by Crippen LogP contribution is -2.11. The van der Waals surface area contributed by atoms with Crippen LogP contribution in [0.1, 0.15) is 30.2 Å². The zero-order chi connectivity index (χ0) is 11.0. The molecule has 2 aromatic rings. The monoisotopic (exact) mass is 204 g/mol. The maximum Gasteiger partial charge on any atom is 0.250 e. The van der Waals surface area contributed by atoms with Crippen molar-refractivity contribution in [3.63, 3.8) is 0 Å². The number of aromatic nitrogens is 3. The summed E-state index contributed by atoms with van der Waals surface area (Å²) in [5.74, 6) is -0.471. The Labute approximate surface area is 86.9 Å². The highest BCUT2D eigenvalue weighted by Crippen LogP contribution is 2.16. The molecule has 0 radical (unpaired) electrons. The molecule has 0 spiro atoms. The Kier molecular flexibility index (Phi) is 2.15. The topological polar surface area (TPSA) is 73.8 Å². The summed E-state index contributed by atoms with van der Waals surface area (Å²) in [5, 5.41) is 5.03. The maximum atomic E-state index is 10.9. The van der Waals surface area contributed by atoms with Crippen LogP contribution >= 0.6 is 0 Å². The van der Waals surface area contributed by atoms with Gasteiger partial charge in [-0.05, 0) is 19.9 Å². The summed E-state index contributed by atoms with van der Waals surface area (Å²) >= 11 is 0. The lowest BCUT2D eigenvalue weighted by Gasteiger charge is -2.05. The second-order valence-corrected chi connectivity index (χ2v) is 3.68. The molecule has 2 aromatic heterocycles. The summed E-state index contributed by atoms with van der Waals surface area (Å²) in [7, 11) is 0. The van der Waals surface area contributed by atoms with Gasteiger partial charge in [-0.1, -0.05) is 0 Å². The van der Waals surface area contributed by atoms with E-state index in [0.29, 0.717) is 5.56 Å². The molecule has 78 valence electrons. The van der Waals surface area contributed by atoms with Gasteiger partial charge in [-0.2, -0.15) is 5.10 Å². The third-order valence-electron chi connectivity index (χ3n) is 2.21. The Morgan fingerprint density at radius 2 is 2.20 bits per heavy atom. The van der Waals surface area contributed by atoms with Crippen LogP contribution in [-0.4, -0.2) is 20.7 Å². The van der Waals surface area contributed by atoms with E-state index in [1.54, 1.807) is 16.9 Å². The largest absolute Gasteiger partial charge is 0.366 e. The number of hydrogen-bond acceptors (Lipinski definition) is 3. The zero-order valence-electron chi connectivity index (χ0n) is 8.64. The van der Waals surface area contributed by atoms with Gasteiger partial charge in [0.25, 0.3) is 0 Å². The van der Waals surface area contributed by atoms with E-state index >= 15 is 0 Å². The Balaban J connectivity index is 2.61. The van der Waals surface area contributed by atoms with E-state index in [1.165, 1.54) is 6.20 Å².